The number of fused-ring (bicyclic) bond motifs is 1. The highest BCUT2D eigenvalue weighted by molar-refractivity contribution is 6.00. The molecule has 4 rings (SSSR count). The Labute approximate surface area is 122 Å². The topological polar surface area (TPSA) is 54.3 Å². The number of nitrogens with one attached hydrogen (secondary N) is 2. The number of carbonyl (C=O) groups excluding carboxylic acids is 1. The molecule has 0 saturated heterocycles. The molecular weight excluding hydrogens is 264 g/mol. The van der Waals surface area contributed by atoms with Crippen molar-refractivity contribution in [3.8, 4) is 0 Å². The van der Waals surface area contributed by atoms with Crippen LogP contribution in [-0.2, 0) is 4.79 Å². The van der Waals surface area contributed by atoms with Gasteiger partial charge < -0.3 is 15.1 Å². The van der Waals surface area contributed by atoms with Crippen LogP contribution in [0.2, 0.25) is 0 Å². The van der Waals surface area contributed by atoms with Crippen molar-refractivity contribution < 1.29 is 9.21 Å². The third kappa shape index (κ3) is 2.03. The molecule has 1 atom stereocenters. The molecular formula is C17H16N2O2. The van der Waals surface area contributed by atoms with Crippen molar-refractivity contribution in [2.24, 2.45) is 0 Å². The quantitative estimate of drug-likeness (QED) is 0.832. The number of hydrogen-bond acceptors (Lipinski definition) is 4. The fraction of sp³-hybridized carbons (Fsp3) is 0.235. The molecule has 2 aromatic rings. The zero-order chi connectivity index (χ0) is 14.2. The summed E-state index contributed by atoms with van der Waals surface area (Å²) in [6, 6.07) is 11.6. The van der Waals surface area contributed by atoms with Crippen LogP contribution < -0.4 is 10.6 Å². The molecule has 4 heteroatoms. The summed E-state index contributed by atoms with van der Waals surface area (Å²) in [4.78, 5) is 12.5. The Morgan fingerprint density at radius 2 is 1.90 bits per heavy atom. The number of carbonyl (C=O) groups is 1. The van der Waals surface area contributed by atoms with Crippen LogP contribution in [0.1, 0.15) is 31.1 Å². The van der Waals surface area contributed by atoms with E-state index in [-0.39, 0.29) is 11.8 Å². The number of furan rings is 1. The number of benzene rings is 1. The Hall–Kier alpha value is -2.49. The molecule has 0 saturated carbocycles. The SMILES string of the molecule is O=C1CCCC2=C1C(c1ccco1)Nc1ccccc1N2. The van der Waals surface area contributed by atoms with Crippen LogP contribution in [0.5, 0.6) is 0 Å². The second-order valence-electron chi connectivity index (χ2n) is 5.43. The molecule has 0 fully saturated rings. The van der Waals surface area contributed by atoms with Crippen LogP contribution >= 0.6 is 0 Å². The Morgan fingerprint density at radius 1 is 1.05 bits per heavy atom. The molecule has 106 valence electrons. The normalized spacial score (nSPS) is 21.0. The monoisotopic (exact) mass is 280 g/mol. The molecule has 0 bridgehead atoms. The summed E-state index contributed by atoms with van der Waals surface area (Å²) in [5.41, 5.74) is 3.83. The zero-order valence-electron chi connectivity index (χ0n) is 11.6. The lowest BCUT2D eigenvalue weighted by atomic mass is 9.89. The summed E-state index contributed by atoms with van der Waals surface area (Å²) >= 11 is 0. The molecule has 1 aromatic heterocycles. The third-order valence-corrected chi connectivity index (χ3v) is 4.08. The lowest BCUT2D eigenvalue weighted by Gasteiger charge is -2.23. The molecule has 0 amide bonds. The number of allylic oxidation sites excluding steroid dienone is 1. The summed E-state index contributed by atoms with van der Waals surface area (Å²) in [6.45, 7) is 0. The van der Waals surface area contributed by atoms with E-state index in [0.717, 1.165) is 41.2 Å². The second-order valence-corrected chi connectivity index (χ2v) is 5.43. The molecule has 2 aliphatic rings. The van der Waals surface area contributed by atoms with E-state index >= 15 is 0 Å². The van der Waals surface area contributed by atoms with Crippen LogP contribution in [-0.4, -0.2) is 5.78 Å². The van der Waals surface area contributed by atoms with Gasteiger partial charge in [-0.2, -0.15) is 0 Å². The summed E-state index contributed by atoms with van der Waals surface area (Å²) < 4.78 is 5.56. The third-order valence-electron chi connectivity index (χ3n) is 4.08. The Morgan fingerprint density at radius 3 is 2.71 bits per heavy atom. The van der Waals surface area contributed by atoms with E-state index in [1.165, 1.54) is 0 Å². The molecule has 1 aliphatic heterocycles. The Balaban J connectivity index is 1.88. The summed E-state index contributed by atoms with van der Waals surface area (Å²) in [5.74, 6) is 0.974. The van der Waals surface area contributed by atoms with E-state index in [9.17, 15) is 4.79 Å². The van der Waals surface area contributed by atoms with Crippen LogP contribution in [0.25, 0.3) is 0 Å². The fourth-order valence-corrected chi connectivity index (χ4v) is 3.11. The molecule has 2 heterocycles. The van der Waals surface area contributed by atoms with Gasteiger partial charge in [-0.1, -0.05) is 12.1 Å². The molecule has 2 N–H and O–H groups in total. The fourth-order valence-electron chi connectivity index (χ4n) is 3.11. The van der Waals surface area contributed by atoms with Gasteiger partial charge in [0, 0.05) is 17.7 Å². The lowest BCUT2D eigenvalue weighted by Crippen LogP contribution is -2.23. The largest absolute Gasteiger partial charge is 0.467 e. The van der Waals surface area contributed by atoms with Crippen molar-refractivity contribution in [1.82, 2.24) is 0 Å². The van der Waals surface area contributed by atoms with E-state index in [0.29, 0.717) is 6.42 Å². The number of Topliss-reactive ketones (excluding diaryl/α,β-unsaturated/α-hetero) is 1. The lowest BCUT2D eigenvalue weighted by molar-refractivity contribution is -0.116. The summed E-state index contributed by atoms with van der Waals surface area (Å²) in [5, 5.41) is 6.89. The molecule has 21 heavy (non-hydrogen) atoms. The van der Waals surface area contributed by atoms with E-state index < -0.39 is 0 Å². The minimum absolute atomic E-state index is 0.199. The van der Waals surface area contributed by atoms with Gasteiger partial charge in [0.15, 0.2) is 5.78 Å². The van der Waals surface area contributed by atoms with Crippen LogP contribution in [0.3, 0.4) is 0 Å². The highest BCUT2D eigenvalue weighted by Gasteiger charge is 2.33. The summed E-state index contributed by atoms with van der Waals surface area (Å²) in [7, 11) is 0. The predicted molar refractivity (Wildman–Crippen MR) is 81.0 cm³/mol. The first-order valence-corrected chi connectivity index (χ1v) is 7.25. The van der Waals surface area contributed by atoms with Gasteiger partial charge in [-0.25, -0.2) is 0 Å². The van der Waals surface area contributed by atoms with Crippen molar-refractivity contribution >= 4 is 17.2 Å². The first kappa shape index (κ1) is 12.3. The highest BCUT2D eigenvalue weighted by Crippen LogP contribution is 2.40. The average molecular weight is 280 g/mol. The van der Waals surface area contributed by atoms with Crippen molar-refractivity contribution in [3.05, 3.63) is 59.7 Å². The predicted octanol–water partition coefficient (Wildman–Crippen LogP) is 3.87. The molecule has 1 aliphatic carbocycles. The van der Waals surface area contributed by atoms with E-state index in [4.69, 9.17) is 4.42 Å². The first-order chi connectivity index (χ1) is 10.3. The van der Waals surface area contributed by atoms with Crippen molar-refractivity contribution in [1.29, 1.82) is 0 Å². The van der Waals surface area contributed by atoms with Gasteiger partial charge in [0.2, 0.25) is 0 Å². The molecule has 0 spiro atoms. The molecule has 4 nitrogen and oxygen atoms in total. The maximum atomic E-state index is 12.5. The van der Waals surface area contributed by atoms with Crippen molar-refractivity contribution in [2.45, 2.75) is 25.3 Å². The van der Waals surface area contributed by atoms with Crippen LogP contribution in [0, 0.1) is 0 Å². The Kier molecular flexibility index (Phi) is 2.81. The van der Waals surface area contributed by atoms with E-state index in [1.807, 2.05) is 36.4 Å². The smallest absolute Gasteiger partial charge is 0.163 e. The number of ketones is 1. The van der Waals surface area contributed by atoms with Crippen molar-refractivity contribution in [2.75, 3.05) is 10.6 Å². The van der Waals surface area contributed by atoms with Crippen molar-refractivity contribution in [3.63, 3.8) is 0 Å². The minimum Gasteiger partial charge on any atom is -0.467 e. The number of hydrogen-bond donors (Lipinski definition) is 2. The second kappa shape index (κ2) is 4.81. The van der Waals surface area contributed by atoms with Gasteiger partial charge in [-0.15, -0.1) is 0 Å². The average Bonchev–Trinajstić information content (AvgIpc) is 2.96. The minimum atomic E-state index is -0.223. The molecule has 0 radical (unpaired) electrons. The van der Waals surface area contributed by atoms with Crippen LogP contribution in [0.15, 0.2) is 58.3 Å². The van der Waals surface area contributed by atoms with Gasteiger partial charge in [0.1, 0.15) is 11.8 Å². The number of para-hydroxylation sites is 2. The summed E-state index contributed by atoms with van der Waals surface area (Å²) in [6.07, 6.45) is 4.05. The standard InChI is InChI=1S/C17H16N2O2/c20-14-8-3-7-13-16(14)17(15-9-4-10-21-15)19-12-6-2-1-5-11(12)18-13/h1-2,4-6,9-10,17-19H,3,7-8H2. The Bertz CT molecular complexity index is 716. The number of rotatable bonds is 1. The number of anilines is 2. The first-order valence-electron chi connectivity index (χ1n) is 7.25. The molecule has 1 unspecified atom stereocenters. The van der Waals surface area contributed by atoms with Gasteiger partial charge in [0.25, 0.3) is 0 Å². The zero-order valence-corrected chi connectivity index (χ0v) is 11.6. The van der Waals surface area contributed by atoms with Gasteiger partial charge in [-0.3, -0.25) is 4.79 Å². The maximum absolute atomic E-state index is 12.5. The van der Waals surface area contributed by atoms with Gasteiger partial charge in [0.05, 0.1) is 17.6 Å². The van der Waals surface area contributed by atoms with Gasteiger partial charge in [-0.05, 0) is 37.1 Å². The van der Waals surface area contributed by atoms with Gasteiger partial charge >= 0.3 is 0 Å². The maximum Gasteiger partial charge on any atom is 0.163 e. The highest BCUT2D eigenvalue weighted by atomic mass is 16.3. The van der Waals surface area contributed by atoms with Crippen LogP contribution in [0.4, 0.5) is 11.4 Å². The van der Waals surface area contributed by atoms with E-state index in [2.05, 4.69) is 10.6 Å². The molecule has 1 aromatic carbocycles. The van der Waals surface area contributed by atoms with E-state index in [1.54, 1.807) is 6.26 Å².